The van der Waals surface area contributed by atoms with E-state index in [0.29, 0.717) is 18.1 Å². The third-order valence-electron chi connectivity index (χ3n) is 10.6. The molecular formula is C28H38N2O2. The number of fused-ring (bicyclic) bond motifs is 6. The van der Waals surface area contributed by atoms with Gasteiger partial charge in [-0.2, -0.15) is 10.2 Å². The minimum Gasteiger partial charge on any atom is -0.390 e. The molecule has 1 aliphatic heterocycles. The molecule has 6 rings (SSSR count). The van der Waals surface area contributed by atoms with Crippen LogP contribution in [-0.2, 0) is 4.79 Å². The van der Waals surface area contributed by atoms with Crippen LogP contribution in [0.1, 0.15) is 89.7 Å². The molecule has 4 fully saturated rings. The van der Waals surface area contributed by atoms with Gasteiger partial charge >= 0.3 is 0 Å². The SMILES string of the molecule is C[C@@]1(O)CC[C@H]2[C@@H](CC[C@@H]3[C@@H]2CC[C@]2(C)[C@@H](C(=O)CC4N=Nc5ccccc54)CC[C@@H]32)C1. The van der Waals surface area contributed by atoms with E-state index >= 15 is 0 Å². The highest BCUT2D eigenvalue weighted by molar-refractivity contribution is 5.83. The summed E-state index contributed by atoms with van der Waals surface area (Å²) in [7, 11) is 0. The van der Waals surface area contributed by atoms with Crippen molar-refractivity contribution in [3.05, 3.63) is 29.8 Å². The molecule has 4 aliphatic carbocycles. The number of ketones is 1. The van der Waals surface area contributed by atoms with Crippen LogP contribution in [0, 0.1) is 40.9 Å². The lowest BCUT2D eigenvalue weighted by atomic mass is 9.49. The Kier molecular flexibility index (Phi) is 4.91. The summed E-state index contributed by atoms with van der Waals surface area (Å²) in [5.74, 6) is 4.48. The van der Waals surface area contributed by atoms with E-state index in [4.69, 9.17) is 0 Å². The molecule has 0 bridgehead atoms. The second-order valence-electron chi connectivity index (χ2n) is 12.3. The zero-order chi connectivity index (χ0) is 22.1. The Morgan fingerprint density at radius 2 is 1.81 bits per heavy atom. The predicted octanol–water partition coefficient (Wildman–Crippen LogP) is 6.80. The van der Waals surface area contributed by atoms with Gasteiger partial charge in [0.15, 0.2) is 0 Å². The molecule has 0 spiro atoms. The number of hydrogen-bond donors (Lipinski definition) is 1. The number of azo groups is 1. The zero-order valence-corrected chi connectivity index (χ0v) is 19.7. The molecule has 1 aromatic rings. The summed E-state index contributed by atoms with van der Waals surface area (Å²) in [5.41, 5.74) is 1.78. The number of aliphatic hydroxyl groups is 1. The van der Waals surface area contributed by atoms with Crippen molar-refractivity contribution in [1.82, 2.24) is 0 Å². The molecular weight excluding hydrogens is 396 g/mol. The Bertz CT molecular complexity index is 939. The summed E-state index contributed by atoms with van der Waals surface area (Å²) < 4.78 is 0. The lowest BCUT2D eigenvalue weighted by Gasteiger charge is -2.56. The van der Waals surface area contributed by atoms with Crippen LogP contribution in [0.5, 0.6) is 0 Å². The number of rotatable bonds is 3. The smallest absolute Gasteiger partial charge is 0.139 e. The summed E-state index contributed by atoms with van der Waals surface area (Å²) in [6.07, 6.45) is 11.1. The maximum Gasteiger partial charge on any atom is 0.139 e. The summed E-state index contributed by atoms with van der Waals surface area (Å²) in [5, 5.41) is 19.4. The van der Waals surface area contributed by atoms with Gasteiger partial charge in [0.1, 0.15) is 11.8 Å². The van der Waals surface area contributed by atoms with E-state index in [9.17, 15) is 9.90 Å². The van der Waals surface area contributed by atoms with E-state index in [-0.39, 0.29) is 17.4 Å². The molecule has 4 heteroatoms. The Labute approximate surface area is 192 Å². The fraction of sp³-hybridized carbons (Fsp3) is 0.750. The average Bonchev–Trinajstić information content (AvgIpc) is 3.33. The second kappa shape index (κ2) is 7.48. The molecule has 32 heavy (non-hydrogen) atoms. The monoisotopic (exact) mass is 434 g/mol. The fourth-order valence-corrected chi connectivity index (χ4v) is 9.15. The highest BCUT2D eigenvalue weighted by Crippen LogP contribution is 2.65. The number of Topliss-reactive ketones (excluding diaryl/α,β-unsaturated/α-hetero) is 1. The van der Waals surface area contributed by atoms with E-state index in [2.05, 4.69) is 23.2 Å². The number of benzene rings is 1. The average molecular weight is 435 g/mol. The lowest BCUT2D eigenvalue weighted by Crippen LogP contribution is -2.51. The molecule has 1 unspecified atom stereocenters. The lowest BCUT2D eigenvalue weighted by molar-refractivity contribution is -0.132. The zero-order valence-electron chi connectivity index (χ0n) is 19.7. The van der Waals surface area contributed by atoms with Crippen molar-refractivity contribution in [3.63, 3.8) is 0 Å². The standard InChI is InChI=1S/C28H38N2O2/c1-27(32)13-11-18-17(16-27)7-8-20-19(18)12-14-28(2)22(20)9-10-23(28)26(31)15-25-21-5-3-4-6-24(21)29-30-25/h3-6,17-20,22-23,25,32H,7-16H2,1-2H3/t17-,18-,19+,20+,22-,23+,25?,27+,28-/m0/s1. The van der Waals surface area contributed by atoms with Gasteiger partial charge in [0.05, 0.1) is 11.3 Å². The van der Waals surface area contributed by atoms with Gasteiger partial charge in [0, 0.05) is 17.9 Å². The summed E-state index contributed by atoms with van der Waals surface area (Å²) >= 11 is 0. The van der Waals surface area contributed by atoms with Gasteiger partial charge in [-0.25, -0.2) is 0 Å². The third-order valence-corrected chi connectivity index (χ3v) is 10.6. The molecule has 4 saturated carbocycles. The maximum atomic E-state index is 13.6. The second-order valence-corrected chi connectivity index (χ2v) is 12.3. The predicted molar refractivity (Wildman–Crippen MR) is 125 cm³/mol. The highest BCUT2D eigenvalue weighted by atomic mass is 16.3. The summed E-state index contributed by atoms with van der Waals surface area (Å²) in [6.45, 7) is 4.49. The van der Waals surface area contributed by atoms with E-state index in [1.807, 2.05) is 25.1 Å². The molecule has 5 aliphatic rings. The van der Waals surface area contributed by atoms with Crippen molar-refractivity contribution in [1.29, 1.82) is 0 Å². The van der Waals surface area contributed by atoms with Crippen LogP contribution >= 0.6 is 0 Å². The van der Waals surface area contributed by atoms with Crippen molar-refractivity contribution >= 4 is 11.5 Å². The van der Waals surface area contributed by atoms with E-state index in [0.717, 1.165) is 54.2 Å². The van der Waals surface area contributed by atoms with Crippen molar-refractivity contribution in [3.8, 4) is 0 Å². The Morgan fingerprint density at radius 3 is 2.69 bits per heavy atom. The van der Waals surface area contributed by atoms with E-state index in [1.54, 1.807) is 0 Å². The van der Waals surface area contributed by atoms with Crippen molar-refractivity contribution in [2.24, 2.45) is 51.2 Å². The van der Waals surface area contributed by atoms with Gasteiger partial charge in [-0.1, -0.05) is 25.1 Å². The van der Waals surface area contributed by atoms with E-state index in [1.165, 1.54) is 38.5 Å². The number of hydrogen-bond acceptors (Lipinski definition) is 4. The van der Waals surface area contributed by atoms with Crippen LogP contribution in [0.15, 0.2) is 34.5 Å². The first-order valence-electron chi connectivity index (χ1n) is 13.1. The van der Waals surface area contributed by atoms with Gasteiger partial charge in [-0.3, -0.25) is 4.79 Å². The van der Waals surface area contributed by atoms with Crippen LogP contribution in [0.4, 0.5) is 5.69 Å². The molecule has 9 atom stereocenters. The quantitative estimate of drug-likeness (QED) is 0.568. The Balaban J connectivity index is 1.17. The van der Waals surface area contributed by atoms with Gasteiger partial charge in [-0.15, -0.1) is 0 Å². The molecule has 1 N–H and O–H groups in total. The Morgan fingerprint density at radius 1 is 1.00 bits per heavy atom. The topological polar surface area (TPSA) is 62.0 Å². The van der Waals surface area contributed by atoms with Gasteiger partial charge < -0.3 is 5.11 Å². The van der Waals surface area contributed by atoms with Gasteiger partial charge in [0.25, 0.3) is 0 Å². The molecule has 4 nitrogen and oxygen atoms in total. The molecule has 1 aromatic carbocycles. The van der Waals surface area contributed by atoms with Crippen molar-refractivity contribution in [2.75, 3.05) is 0 Å². The van der Waals surface area contributed by atoms with Gasteiger partial charge in [-0.05, 0) is 106 Å². The van der Waals surface area contributed by atoms with Crippen LogP contribution in [-0.4, -0.2) is 16.5 Å². The van der Waals surface area contributed by atoms with Gasteiger partial charge in [0.2, 0.25) is 0 Å². The van der Waals surface area contributed by atoms with Crippen LogP contribution in [0.2, 0.25) is 0 Å². The summed E-state index contributed by atoms with van der Waals surface area (Å²) in [6, 6.07) is 8.02. The molecule has 0 aromatic heterocycles. The number of carbonyl (C=O) groups is 1. The molecule has 1 heterocycles. The largest absolute Gasteiger partial charge is 0.390 e. The summed E-state index contributed by atoms with van der Waals surface area (Å²) in [4.78, 5) is 13.6. The highest BCUT2D eigenvalue weighted by Gasteiger charge is 2.58. The molecule has 0 radical (unpaired) electrons. The maximum absolute atomic E-state index is 13.6. The van der Waals surface area contributed by atoms with Crippen LogP contribution < -0.4 is 0 Å². The normalized spacial score (nSPS) is 46.8. The minimum atomic E-state index is -0.446. The third kappa shape index (κ3) is 3.23. The van der Waals surface area contributed by atoms with Crippen LogP contribution in [0.25, 0.3) is 0 Å². The number of carbonyl (C=O) groups excluding carboxylic acids is 1. The van der Waals surface area contributed by atoms with Crippen molar-refractivity contribution < 1.29 is 9.90 Å². The first-order chi connectivity index (χ1) is 15.4. The first kappa shape index (κ1) is 21.0. The van der Waals surface area contributed by atoms with Crippen molar-refractivity contribution in [2.45, 2.75) is 89.7 Å². The van der Waals surface area contributed by atoms with Crippen LogP contribution in [0.3, 0.4) is 0 Å². The number of nitrogens with zero attached hydrogens (tertiary/aromatic N) is 2. The molecule has 0 saturated heterocycles. The minimum absolute atomic E-state index is 0.0804. The fourth-order valence-electron chi connectivity index (χ4n) is 9.15. The first-order valence-corrected chi connectivity index (χ1v) is 13.1. The van der Waals surface area contributed by atoms with E-state index < -0.39 is 5.60 Å². The Hall–Kier alpha value is -1.55. The molecule has 0 amide bonds. The molecule has 172 valence electrons.